The van der Waals surface area contributed by atoms with Crippen molar-refractivity contribution in [2.24, 2.45) is 0 Å². The van der Waals surface area contributed by atoms with E-state index in [0.29, 0.717) is 0 Å². The first-order chi connectivity index (χ1) is 11.3. The Kier molecular flexibility index (Phi) is 4.84. The third-order valence-electron chi connectivity index (χ3n) is 3.36. The minimum absolute atomic E-state index is 0.536. The zero-order chi connectivity index (χ0) is 15.9. The number of ether oxygens (including phenoxy) is 1. The smallest absolute Gasteiger partial charge is 0.522 e. The molecule has 0 aliphatic carbocycles. The summed E-state index contributed by atoms with van der Waals surface area (Å²) < 4.78 is 17.2. The van der Waals surface area contributed by atoms with Gasteiger partial charge in [-0.3, -0.25) is 0 Å². The van der Waals surface area contributed by atoms with E-state index >= 15 is 0 Å². The largest absolute Gasteiger partial charge is 0.632 e. The number of hydrogen-bond donors (Lipinski definition) is 0. The summed E-state index contributed by atoms with van der Waals surface area (Å²) in [5, 5.41) is 0. The van der Waals surface area contributed by atoms with Gasteiger partial charge in [-0.05, 0) is 36.4 Å². The molecule has 0 heterocycles. The second-order valence-electron chi connectivity index (χ2n) is 4.97. The molecule has 3 aromatic rings. The number of hydrogen-bond acceptors (Lipinski definition) is 3. The van der Waals surface area contributed by atoms with Crippen LogP contribution in [-0.4, -0.2) is 14.2 Å². The predicted molar refractivity (Wildman–Crippen MR) is 92.5 cm³/mol. The molecule has 3 aromatic carbocycles. The highest BCUT2D eigenvalue weighted by molar-refractivity contribution is 6.62. The average molecular weight is 304 g/mol. The Balaban J connectivity index is 1.85. The Morgan fingerprint density at radius 2 is 1.04 bits per heavy atom. The van der Waals surface area contributed by atoms with Gasteiger partial charge in [0.2, 0.25) is 0 Å². The summed E-state index contributed by atoms with van der Waals surface area (Å²) in [5.41, 5.74) is 0.915. The van der Waals surface area contributed by atoms with E-state index in [4.69, 9.17) is 14.0 Å². The van der Waals surface area contributed by atoms with Crippen LogP contribution in [0.15, 0.2) is 84.9 Å². The second kappa shape index (κ2) is 7.41. The van der Waals surface area contributed by atoms with Crippen molar-refractivity contribution in [3.63, 3.8) is 0 Å². The summed E-state index contributed by atoms with van der Waals surface area (Å²) in [6.07, 6.45) is 0. The SMILES string of the molecule is COc1ccc(B(Oc2ccccc2)Oc2ccccc2)cc1. The highest BCUT2D eigenvalue weighted by Crippen LogP contribution is 2.15. The fourth-order valence-electron chi connectivity index (χ4n) is 2.17. The zero-order valence-electron chi connectivity index (χ0n) is 12.9. The van der Waals surface area contributed by atoms with Gasteiger partial charge in [0.05, 0.1) is 7.11 Å². The van der Waals surface area contributed by atoms with Gasteiger partial charge in [0, 0.05) is 5.46 Å². The van der Waals surface area contributed by atoms with Crippen LogP contribution in [0.1, 0.15) is 0 Å². The van der Waals surface area contributed by atoms with Crippen LogP contribution < -0.4 is 19.5 Å². The fraction of sp³-hybridized carbons (Fsp3) is 0.0526. The van der Waals surface area contributed by atoms with E-state index < -0.39 is 7.12 Å². The molecule has 0 fully saturated rings. The molecule has 0 bridgehead atoms. The molecule has 0 saturated heterocycles. The van der Waals surface area contributed by atoms with Gasteiger partial charge in [-0.15, -0.1) is 0 Å². The minimum atomic E-state index is -0.536. The molecule has 114 valence electrons. The van der Waals surface area contributed by atoms with Crippen LogP contribution >= 0.6 is 0 Å². The van der Waals surface area contributed by atoms with Gasteiger partial charge in [0.25, 0.3) is 0 Å². The van der Waals surface area contributed by atoms with E-state index in [1.807, 2.05) is 84.9 Å². The zero-order valence-corrected chi connectivity index (χ0v) is 12.9. The van der Waals surface area contributed by atoms with Crippen molar-refractivity contribution in [2.45, 2.75) is 0 Å². The molecular weight excluding hydrogens is 287 g/mol. The van der Waals surface area contributed by atoms with Crippen molar-refractivity contribution >= 4 is 12.6 Å². The molecule has 0 aliphatic heterocycles. The molecule has 0 radical (unpaired) electrons. The topological polar surface area (TPSA) is 27.7 Å². The summed E-state index contributed by atoms with van der Waals surface area (Å²) >= 11 is 0. The lowest BCUT2D eigenvalue weighted by Gasteiger charge is -2.17. The average Bonchev–Trinajstić information content (AvgIpc) is 2.63. The van der Waals surface area contributed by atoms with Crippen LogP contribution in [0.2, 0.25) is 0 Å². The first-order valence-electron chi connectivity index (χ1n) is 7.42. The molecule has 0 amide bonds. The Morgan fingerprint density at radius 1 is 0.565 bits per heavy atom. The van der Waals surface area contributed by atoms with Gasteiger partial charge in [-0.1, -0.05) is 48.5 Å². The summed E-state index contributed by atoms with van der Waals surface area (Å²) in [7, 11) is 1.11. The van der Waals surface area contributed by atoms with E-state index in [1.54, 1.807) is 7.11 Å². The molecule has 0 aromatic heterocycles. The number of benzene rings is 3. The van der Waals surface area contributed by atoms with Crippen molar-refractivity contribution in [1.82, 2.24) is 0 Å². The molecule has 0 N–H and O–H groups in total. The van der Waals surface area contributed by atoms with Crippen LogP contribution in [0.3, 0.4) is 0 Å². The molecule has 0 spiro atoms. The molecule has 0 saturated carbocycles. The van der Waals surface area contributed by atoms with E-state index in [2.05, 4.69) is 0 Å². The first-order valence-corrected chi connectivity index (χ1v) is 7.42. The summed E-state index contributed by atoms with van der Waals surface area (Å²) in [5.74, 6) is 2.31. The lowest BCUT2D eigenvalue weighted by molar-refractivity contribution is 0.414. The third kappa shape index (κ3) is 4.07. The Bertz CT molecular complexity index is 673. The first kappa shape index (κ1) is 15.0. The maximum absolute atomic E-state index is 6.01. The standard InChI is InChI=1S/C19H17BO3/c1-21-17-14-12-16(13-15-17)20(22-18-8-4-2-5-9-18)23-19-10-6-3-7-11-19/h2-15H,1H3. The number of methoxy groups -OCH3 is 1. The van der Waals surface area contributed by atoms with E-state index in [9.17, 15) is 0 Å². The van der Waals surface area contributed by atoms with Crippen molar-refractivity contribution in [1.29, 1.82) is 0 Å². The quantitative estimate of drug-likeness (QED) is 0.652. The lowest BCUT2D eigenvalue weighted by atomic mass is 9.78. The number of para-hydroxylation sites is 2. The summed E-state index contributed by atoms with van der Waals surface area (Å²) in [6, 6.07) is 26.9. The fourth-order valence-corrected chi connectivity index (χ4v) is 2.17. The van der Waals surface area contributed by atoms with Crippen LogP contribution in [0.25, 0.3) is 0 Å². The molecule has 4 heteroatoms. The monoisotopic (exact) mass is 304 g/mol. The lowest BCUT2D eigenvalue weighted by Crippen LogP contribution is -2.42. The van der Waals surface area contributed by atoms with Gasteiger partial charge in [-0.2, -0.15) is 0 Å². The van der Waals surface area contributed by atoms with Gasteiger partial charge < -0.3 is 14.0 Å². The van der Waals surface area contributed by atoms with Gasteiger partial charge in [0.1, 0.15) is 17.2 Å². The molecule has 0 unspecified atom stereocenters. The predicted octanol–water partition coefficient (Wildman–Crippen LogP) is 3.55. The van der Waals surface area contributed by atoms with Gasteiger partial charge >= 0.3 is 7.12 Å². The van der Waals surface area contributed by atoms with Crippen LogP contribution in [-0.2, 0) is 0 Å². The van der Waals surface area contributed by atoms with E-state index in [1.165, 1.54) is 0 Å². The normalized spacial score (nSPS) is 9.96. The molecule has 3 rings (SSSR count). The maximum atomic E-state index is 6.01. The molecule has 0 atom stereocenters. The molecule has 23 heavy (non-hydrogen) atoms. The number of rotatable bonds is 6. The van der Waals surface area contributed by atoms with Crippen molar-refractivity contribution in [3.8, 4) is 17.2 Å². The highest BCUT2D eigenvalue weighted by Gasteiger charge is 2.26. The Hall–Kier alpha value is -2.88. The van der Waals surface area contributed by atoms with Crippen LogP contribution in [0.5, 0.6) is 17.2 Å². The maximum Gasteiger partial charge on any atom is 0.632 e. The van der Waals surface area contributed by atoms with Crippen molar-refractivity contribution in [2.75, 3.05) is 7.11 Å². The van der Waals surface area contributed by atoms with Crippen LogP contribution in [0.4, 0.5) is 0 Å². The second-order valence-corrected chi connectivity index (χ2v) is 4.97. The Morgan fingerprint density at radius 3 is 1.48 bits per heavy atom. The molecular formula is C19H17BO3. The summed E-state index contributed by atoms with van der Waals surface area (Å²) in [6.45, 7) is 0. The van der Waals surface area contributed by atoms with Crippen molar-refractivity contribution in [3.05, 3.63) is 84.9 Å². The Labute approximate surface area is 136 Å². The van der Waals surface area contributed by atoms with E-state index in [0.717, 1.165) is 22.7 Å². The van der Waals surface area contributed by atoms with Gasteiger partial charge in [-0.25, -0.2) is 0 Å². The van der Waals surface area contributed by atoms with E-state index in [-0.39, 0.29) is 0 Å². The highest BCUT2D eigenvalue weighted by atomic mass is 16.6. The minimum Gasteiger partial charge on any atom is -0.522 e. The molecule has 0 aliphatic rings. The van der Waals surface area contributed by atoms with Gasteiger partial charge in [0.15, 0.2) is 0 Å². The van der Waals surface area contributed by atoms with Crippen LogP contribution in [0, 0.1) is 0 Å². The van der Waals surface area contributed by atoms with Crippen molar-refractivity contribution < 1.29 is 14.0 Å². The molecule has 3 nitrogen and oxygen atoms in total. The summed E-state index contributed by atoms with van der Waals surface area (Å²) in [4.78, 5) is 0. The third-order valence-corrected chi connectivity index (χ3v) is 3.36.